The molecule has 10 heteroatoms. The minimum Gasteiger partial charge on any atom is -0.462 e. The Kier molecular flexibility index (Phi) is 80.7. The first-order chi connectivity index (χ1) is 47.3. The minimum atomic E-state index is -4.39. The van der Waals surface area contributed by atoms with Crippen molar-refractivity contribution in [1.29, 1.82) is 0 Å². The molecular formula is C86H166NO8P. The molecule has 0 aromatic heterocycles. The number of esters is 2. The Labute approximate surface area is 598 Å². The lowest BCUT2D eigenvalue weighted by atomic mass is 10.0. The molecule has 2 atom stereocenters. The monoisotopic (exact) mass is 1370 g/mol. The highest BCUT2D eigenvalue weighted by Crippen LogP contribution is 2.43. The highest BCUT2D eigenvalue weighted by molar-refractivity contribution is 7.47. The lowest BCUT2D eigenvalue weighted by molar-refractivity contribution is -0.161. The Bertz CT molecular complexity index is 1670. The van der Waals surface area contributed by atoms with Crippen molar-refractivity contribution in [3.63, 3.8) is 0 Å². The molecule has 0 bridgehead atoms. The summed E-state index contributed by atoms with van der Waals surface area (Å²) in [4.78, 5) is 35.5. The largest absolute Gasteiger partial charge is 0.472 e. The third-order valence-electron chi connectivity index (χ3n) is 19.8. The second-order valence-electron chi connectivity index (χ2n) is 29.4. The molecule has 0 amide bonds. The second kappa shape index (κ2) is 82.2. The third-order valence-corrected chi connectivity index (χ3v) is 20.8. The fourth-order valence-electron chi connectivity index (χ4n) is 13.4. The van der Waals surface area contributed by atoms with E-state index in [1.165, 1.54) is 392 Å². The zero-order chi connectivity index (χ0) is 69.3. The number of carbonyl (C=O) groups excluding carboxylic acids is 2. The molecule has 0 radical (unpaired) electrons. The summed E-state index contributed by atoms with van der Waals surface area (Å²) in [6.07, 6.45) is 106. The first-order valence-corrected chi connectivity index (χ1v) is 44.5. The predicted molar refractivity (Wildman–Crippen MR) is 418 cm³/mol. The average molecular weight is 1370 g/mol. The number of phosphoric acid groups is 1. The van der Waals surface area contributed by atoms with Crippen molar-refractivity contribution in [2.24, 2.45) is 5.73 Å². The number of hydrogen-bond acceptors (Lipinski definition) is 8. The molecule has 0 aliphatic carbocycles. The van der Waals surface area contributed by atoms with Gasteiger partial charge in [-0.1, -0.05) is 442 Å². The Balaban J connectivity index is 3.71. The smallest absolute Gasteiger partial charge is 0.462 e. The molecule has 568 valence electrons. The van der Waals surface area contributed by atoms with Crippen molar-refractivity contribution in [3.8, 4) is 0 Å². The van der Waals surface area contributed by atoms with Crippen molar-refractivity contribution in [3.05, 3.63) is 36.5 Å². The average Bonchev–Trinajstić information content (AvgIpc) is 2.32. The van der Waals surface area contributed by atoms with E-state index >= 15 is 0 Å². The molecule has 0 aromatic carbocycles. The number of unbranched alkanes of at least 4 members (excludes halogenated alkanes) is 64. The number of allylic oxidation sites excluding steroid dienone is 6. The van der Waals surface area contributed by atoms with Crippen LogP contribution in [-0.4, -0.2) is 49.3 Å². The number of ether oxygens (including phenoxy) is 2. The van der Waals surface area contributed by atoms with Crippen molar-refractivity contribution in [2.45, 2.75) is 476 Å². The molecule has 9 nitrogen and oxygen atoms in total. The summed E-state index contributed by atoms with van der Waals surface area (Å²) in [5, 5.41) is 0. The van der Waals surface area contributed by atoms with Gasteiger partial charge in [0.05, 0.1) is 13.2 Å². The summed E-state index contributed by atoms with van der Waals surface area (Å²) in [5.74, 6) is -0.797. The fourth-order valence-corrected chi connectivity index (χ4v) is 14.2. The molecule has 0 saturated carbocycles. The maximum Gasteiger partial charge on any atom is 0.472 e. The minimum absolute atomic E-state index is 0.0573. The topological polar surface area (TPSA) is 134 Å². The van der Waals surface area contributed by atoms with Crippen LogP contribution >= 0.6 is 7.82 Å². The molecule has 0 spiro atoms. The Morgan fingerprint density at radius 3 is 0.802 bits per heavy atom. The molecule has 96 heavy (non-hydrogen) atoms. The maximum atomic E-state index is 12.8. The zero-order valence-electron chi connectivity index (χ0n) is 64.4. The van der Waals surface area contributed by atoms with E-state index in [0.717, 1.165) is 44.9 Å². The standard InChI is InChI=1S/C86H166NO8P/c1-3-5-7-9-11-13-15-17-19-21-23-25-27-29-31-33-35-37-39-40-41-42-43-44-45-47-49-51-53-55-57-59-61-63-65-67-69-71-73-75-77-79-86(89)95-84(83-94-96(90,91)93-81-80-87)82-92-85(88)78-76-74-72-70-68-66-64-62-60-58-56-54-52-50-48-46-38-36-34-32-30-28-26-24-22-20-18-16-14-12-10-8-6-4-2/h15,17,21,23,27,29,84H,3-14,16,18-20,22,24-26,28,30-83,87H2,1-2H3,(H,90,91)/b17-15-,23-21-,29-27-. The molecule has 0 heterocycles. The van der Waals surface area contributed by atoms with Crippen LogP contribution in [0.4, 0.5) is 0 Å². The maximum absolute atomic E-state index is 12.8. The van der Waals surface area contributed by atoms with Crippen LogP contribution in [0.5, 0.6) is 0 Å². The van der Waals surface area contributed by atoms with Crippen LogP contribution in [0.25, 0.3) is 0 Å². The van der Waals surface area contributed by atoms with Crippen LogP contribution in [0.3, 0.4) is 0 Å². The van der Waals surface area contributed by atoms with Gasteiger partial charge in [0.15, 0.2) is 6.10 Å². The van der Waals surface area contributed by atoms with Crippen molar-refractivity contribution in [1.82, 2.24) is 0 Å². The van der Waals surface area contributed by atoms with E-state index in [1.54, 1.807) is 0 Å². The summed E-state index contributed by atoms with van der Waals surface area (Å²) in [5.41, 5.74) is 5.42. The second-order valence-corrected chi connectivity index (χ2v) is 30.9. The lowest BCUT2D eigenvalue weighted by Gasteiger charge is -2.19. The first-order valence-electron chi connectivity index (χ1n) is 43.0. The van der Waals surface area contributed by atoms with E-state index in [0.29, 0.717) is 6.42 Å². The quantitative estimate of drug-likeness (QED) is 0.0264. The van der Waals surface area contributed by atoms with Crippen molar-refractivity contribution in [2.75, 3.05) is 26.4 Å². The van der Waals surface area contributed by atoms with Crippen molar-refractivity contribution < 1.29 is 37.6 Å². The summed E-state index contributed by atoms with van der Waals surface area (Å²) >= 11 is 0. The zero-order valence-corrected chi connectivity index (χ0v) is 65.3. The normalized spacial score (nSPS) is 12.9. The third kappa shape index (κ3) is 81.2. The van der Waals surface area contributed by atoms with E-state index in [1.807, 2.05) is 0 Å². The molecule has 2 unspecified atom stereocenters. The van der Waals surface area contributed by atoms with Crippen LogP contribution in [-0.2, 0) is 32.7 Å². The molecule has 0 rings (SSSR count). The molecule has 3 N–H and O–H groups in total. The summed E-state index contributed by atoms with van der Waals surface area (Å²) in [6, 6.07) is 0. The number of phosphoric ester groups is 1. The highest BCUT2D eigenvalue weighted by Gasteiger charge is 2.26. The summed E-state index contributed by atoms with van der Waals surface area (Å²) in [6.45, 7) is 3.83. The molecule has 0 aromatic rings. The predicted octanol–water partition coefficient (Wildman–Crippen LogP) is 28.9. The van der Waals surface area contributed by atoms with Gasteiger partial charge in [0.2, 0.25) is 0 Å². The molecule has 0 aliphatic rings. The van der Waals surface area contributed by atoms with Crippen LogP contribution in [0.1, 0.15) is 470 Å². The lowest BCUT2D eigenvalue weighted by Crippen LogP contribution is -2.29. The Morgan fingerprint density at radius 2 is 0.542 bits per heavy atom. The van der Waals surface area contributed by atoms with Gasteiger partial charge in [-0.25, -0.2) is 4.57 Å². The molecule has 0 saturated heterocycles. The van der Waals surface area contributed by atoms with Gasteiger partial charge in [-0.2, -0.15) is 0 Å². The molecular weight excluding hydrogens is 1210 g/mol. The molecule has 0 fully saturated rings. The van der Waals surface area contributed by atoms with Gasteiger partial charge in [0.1, 0.15) is 6.61 Å². The Morgan fingerprint density at radius 1 is 0.312 bits per heavy atom. The van der Waals surface area contributed by atoms with E-state index in [-0.39, 0.29) is 38.6 Å². The van der Waals surface area contributed by atoms with E-state index in [2.05, 4.69) is 50.3 Å². The van der Waals surface area contributed by atoms with Gasteiger partial charge in [-0.05, 0) is 51.4 Å². The van der Waals surface area contributed by atoms with Gasteiger partial charge in [-0.3, -0.25) is 18.6 Å². The summed E-state index contributed by atoms with van der Waals surface area (Å²) < 4.78 is 33.3. The number of hydrogen-bond donors (Lipinski definition) is 2. The van der Waals surface area contributed by atoms with Gasteiger partial charge in [0, 0.05) is 19.4 Å². The van der Waals surface area contributed by atoms with E-state index < -0.39 is 26.5 Å². The SMILES string of the molecule is CCCCCCC/C=C\C/C=C\C/C=C\CCCCCCCCCCCCCCCCCCCCCCCCCCCCC(=O)OC(COC(=O)CCCCCCCCCCCCCCCCCCCCCCCCCCCCCCCCCCCC)COP(=O)(O)OCCN. The van der Waals surface area contributed by atoms with Gasteiger partial charge >= 0.3 is 19.8 Å². The van der Waals surface area contributed by atoms with E-state index in [4.69, 9.17) is 24.3 Å². The van der Waals surface area contributed by atoms with Crippen LogP contribution in [0.15, 0.2) is 36.5 Å². The van der Waals surface area contributed by atoms with Gasteiger partial charge in [-0.15, -0.1) is 0 Å². The Hall–Kier alpha value is -1.77. The van der Waals surface area contributed by atoms with Gasteiger partial charge in [0.25, 0.3) is 0 Å². The number of nitrogens with two attached hydrogens (primary N) is 1. The fraction of sp³-hybridized carbons (Fsp3) is 0.907. The number of carbonyl (C=O) groups is 2. The van der Waals surface area contributed by atoms with Gasteiger partial charge < -0.3 is 20.1 Å². The van der Waals surface area contributed by atoms with Crippen molar-refractivity contribution >= 4 is 19.8 Å². The van der Waals surface area contributed by atoms with Crippen LogP contribution < -0.4 is 5.73 Å². The highest BCUT2D eigenvalue weighted by atomic mass is 31.2. The van der Waals surface area contributed by atoms with Crippen LogP contribution in [0.2, 0.25) is 0 Å². The molecule has 0 aliphatic heterocycles. The summed E-state index contributed by atoms with van der Waals surface area (Å²) in [7, 11) is -4.39. The first kappa shape index (κ1) is 94.2. The number of rotatable bonds is 83. The van der Waals surface area contributed by atoms with Crippen LogP contribution in [0, 0.1) is 0 Å². The van der Waals surface area contributed by atoms with E-state index in [9.17, 15) is 19.0 Å².